The lowest BCUT2D eigenvalue weighted by Gasteiger charge is -2.35. The first kappa shape index (κ1) is 19.4. The Morgan fingerprint density at radius 3 is 2.33 bits per heavy atom. The maximum Gasteiger partial charge on any atom is 0.260 e. The van der Waals surface area contributed by atoms with Crippen LogP contribution in [0, 0.1) is 0 Å². The largest absolute Gasteiger partial charge is 0.484 e. The van der Waals surface area contributed by atoms with Gasteiger partial charge in [0, 0.05) is 44.8 Å². The molecule has 2 aliphatic heterocycles. The zero-order valence-corrected chi connectivity index (χ0v) is 15.7. The summed E-state index contributed by atoms with van der Waals surface area (Å²) in [6, 6.07) is 6.82. The second kappa shape index (κ2) is 8.99. The highest BCUT2D eigenvalue weighted by atomic mass is 16.5. The van der Waals surface area contributed by atoms with Gasteiger partial charge in [0.05, 0.1) is 0 Å². The number of ketones is 1. The average Bonchev–Trinajstić information content (AvgIpc) is 3.26. The topological polar surface area (TPSA) is 76.2 Å². The molecule has 1 aromatic carbocycles. The van der Waals surface area contributed by atoms with Crippen LogP contribution in [0.5, 0.6) is 5.75 Å². The Morgan fingerprint density at radius 2 is 1.74 bits per heavy atom. The molecule has 0 radical (unpaired) electrons. The van der Waals surface area contributed by atoms with Gasteiger partial charge in [-0.3, -0.25) is 14.4 Å². The summed E-state index contributed by atoms with van der Waals surface area (Å²) in [4.78, 5) is 39.8. The summed E-state index contributed by atoms with van der Waals surface area (Å²) >= 11 is 0. The fourth-order valence-electron chi connectivity index (χ4n) is 3.33. The molecule has 7 heteroatoms. The zero-order valence-electron chi connectivity index (χ0n) is 15.7. The summed E-state index contributed by atoms with van der Waals surface area (Å²) in [6.45, 7) is 4.48. The molecule has 0 bridgehead atoms. The molecule has 2 fully saturated rings. The van der Waals surface area contributed by atoms with E-state index in [-0.39, 0.29) is 30.3 Å². The number of Topliss-reactive ketones (excluding diaryl/α,β-unsaturated/α-hetero) is 1. The van der Waals surface area contributed by atoms with E-state index in [0.717, 1.165) is 12.8 Å². The van der Waals surface area contributed by atoms with Crippen molar-refractivity contribution in [1.29, 1.82) is 0 Å². The van der Waals surface area contributed by atoms with Crippen LogP contribution in [0.15, 0.2) is 24.3 Å². The van der Waals surface area contributed by atoms with Gasteiger partial charge in [0.25, 0.3) is 11.8 Å². The summed E-state index contributed by atoms with van der Waals surface area (Å²) in [6.07, 6.45) is 1.87. The number of hydrogen-bond acceptors (Lipinski definition) is 5. The second-order valence-corrected chi connectivity index (χ2v) is 6.80. The molecule has 7 nitrogen and oxygen atoms in total. The molecule has 1 atom stereocenters. The predicted octanol–water partition coefficient (Wildman–Crippen LogP) is 1.51. The molecule has 3 rings (SSSR count). The third-order valence-electron chi connectivity index (χ3n) is 5.01. The van der Waals surface area contributed by atoms with E-state index in [1.807, 2.05) is 6.92 Å². The van der Waals surface area contributed by atoms with E-state index in [2.05, 4.69) is 0 Å². The quantitative estimate of drug-likeness (QED) is 0.706. The van der Waals surface area contributed by atoms with Crippen molar-refractivity contribution in [2.75, 3.05) is 39.4 Å². The number of nitrogens with zero attached hydrogens (tertiary/aromatic N) is 2. The molecule has 0 spiro atoms. The molecule has 2 saturated heterocycles. The van der Waals surface area contributed by atoms with Crippen molar-refractivity contribution in [1.82, 2.24) is 9.80 Å². The molecule has 0 aliphatic carbocycles. The number of carbonyl (C=O) groups excluding carboxylic acids is 3. The smallest absolute Gasteiger partial charge is 0.260 e. The number of hydrogen-bond donors (Lipinski definition) is 0. The van der Waals surface area contributed by atoms with Crippen LogP contribution in [0.1, 0.15) is 36.5 Å². The molecule has 0 N–H and O–H groups in total. The Kier molecular flexibility index (Phi) is 6.45. The van der Waals surface area contributed by atoms with Gasteiger partial charge in [0.1, 0.15) is 11.9 Å². The van der Waals surface area contributed by atoms with E-state index in [1.165, 1.54) is 0 Å². The highest BCUT2D eigenvalue weighted by molar-refractivity contribution is 5.95. The zero-order chi connectivity index (χ0) is 19.2. The predicted molar refractivity (Wildman–Crippen MR) is 98.7 cm³/mol. The van der Waals surface area contributed by atoms with Gasteiger partial charge in [-0.1, -0.05) is 6.92 Å². The monoisotopic (exact) mass is 374 g/mol. The summed E-state index contributed by atoms with van der Waals surface area (Å²) in [5.74, 6) is 0.571. The highest BCUT2D eigenvalue weighted by Gasteiger charge is 2.31. The number of rotatable bonds is 6. The van der Waals surface area contributed by atoms with Crippen molar-refractivity contribution in [3.05, 3.63) is 29.8 Å². The third kappa shape index (κ3) is 4.86. The van der Waals surface area contributed by atoms with Gasteiger partial charge in [-0.25, -0.2) is 0 Å². The summed E-state index contributed by atoms with van der Waals surface area (Å²) in [5.41, 5.74) is 0.642. The first-order valence-corrected chi connectivity index (χ1v) is 9.52. The van der Waals surface area contributed by atoms with Crippen molar-refractivity contribution in [3.63, 3.8) is 0 Å². The fourth-order valence-corrected chi connectivity index (χ4v) is 3.33. The van der Waals surface area contributed by atoms with Gasteiger partial charge in [-0.2, -0.15) is 0 Å². The molecular weight excluding hydrogens is 348 g/mol. The first-order chi connectivity index (χ1) is 13.1. The van der Waals surface area contributed by atoms with Crippen molar-refractivity contribution in [3.8, 4) is 5.75 Å². The van der Waals surface area contributed by atoms with Crippen molar-refractivity contribution >= 4 is 17.6 Å². The van der Waals surface area contributed by atoms with Crippen LogP contribution in [0.2, 0.25) is 0 Å². The molecule has 2 amide bonds. The number of piperazine rings is 1. The Labute approximate surface area is 159 Å². The minimum atomic E-state index is -0.307. The summed E-state index contributed by atoms with van der Waals surface area (Å²) in [5, 5.41) is 0. The Hall–Kier alpha value is -2.41. The Bertz CT molecular complexity index is 674. The van der Waals surface area contributed by atoms with Crippen molar-refractivity contribution < 1.29 is 23.9 Å². The molecule has 0 aromatic heterocycles. The highest BCUT2D eigenvalue weighted by Crippen LogP contribution is 2.17. The van der Waals surface area contributed by atoms with Crippen LogP contribution >= 0.6 is 0 Å². The third-order valence-corrected chi connectivity index (χ3v) is 5.01. The van der Waals surface area contributed by atoms with Gasteiger partial charge in [0.2, 0.25) is 0 Å². The molecule has 1 unspecified atom stereocenters. The van der Waals surface area contributed by atoms with Gasteiger partial charge in [-0.05, 0) is 37.1 Å². The molecular formula is C20H26N2O5. The van der Waals surface area contributed by atoms with E-state index in [0.29, 0.717) is 50.5 Å². The SMILES string of the molecule is CCC(=O)c1ccc(OCC(=O)N2CCN(C(=O)C3CCCO3)CC2)cc1. The van der Waals surface area contributed by atoms with Crippen molar-refractivity contribution in [2.24, 2.45) is 0 Å². The average molecular weight is 374 g/mol. The number of benzene rings is 1. The standard InChI is InChI=1S/C20H26N2O5/c1-2-17(23)15-5-7-16(8-6-15)27-14-19(24)21-9-11-22(12-10-21)20(25)18-4-3-13-26-18/h5-8,18H,2-4,9-14H2,1H3. The van der Waals surface area contributed by atoms with Crippen molar-refractivity contribution in [2.45, 2.75) is 32.3 Å². The second-order valence-electron chi connectivity index (χ2n) is 6.80. The molecule has 2 heterocycles. The summed E-state index contributed by atoms with van der Waals surface area (Å²) < 4.78 is 11.0. The summed E-state index contributed by atoms with van der Waals surface area (Å²) in [7, 11) is 0. The van der Waals surface area contributed by atoms with Crippen LogP contribution in [0.25, 0.3) is 0 Å². The molecule has 0 saturated carbocycles. The first-order valence-electron chi connectivity index (χ1n) is 9.52. The Morgan fingerprint density at radius 1 is 1.07 bits per heavy atom. The number of carbonyl (C=O) groups is 3. The minimum absolute atomic E-state index is 0.0394. The lowest BCUT2D eigenvalue weighted by atomic mass is 10.1. The molecule has 1 aromatic rings. The van der Waals surface area contributed by atoms with Crippen LogP contribution in [-0.2, 0) is 14.3 Å². The maximum atomic E-state index is 12.3. The maximum absolute atomic E-state index is 12.3. The van der Waals surface area contributed by atoms with Crippen LogP contribution < -0.4 is 4.74 Å². The van der Waals surface area contributed by atoms with E-state index < -0.39 is 0 Å². The lowest BCUT2D eigenvalue weighted by Crippen LogP contribution is -2.53. The number of ether oxygens (including phenoxy) is 2. The van der Waals surface area contributed by atoms with Crippen LogP contribution in [0.4, 0.5) is 0 Å². The Balaban J connectivity index is 1.43. The number of amides is 2. The van der Waals surface area contributed by atoms with Crippen LogP contribution in [0.3, 0.4) is 0 Å². The fraction of sp³-hybridized carbons (Fsp3) is 0.550. The van der Waals surface area contributed by atoms with Gasteiger partial charge < -0.3 is 19.3 Å². The van der Waals surface area contributed by atoms with Crippen LogP contribution in [-0.4, -0.2) is 72.9 Å². The molecule has 2 aliphatic rings. The van der Waals surface area contributed by atoms with E-state index in [1.54, 1.807) is 34.1 Å². The normalized spacial score (nSPS) is 19.8. The van der Waals surface area contributed by atoms with Gasteiger partial charge in [-0.15, -0.1) is 0 Å². The molecule has 146 valence electrons. The molecule has 27 heavy (non-hydrogen) atoms. The van der Waals surface area contributed by atoms with Gasteiger partial charge >= 0.3 is 0 Å². The van der Waals surface area contributed by atoms with E-state index in [9.17, 15) is 14.4 Å². The lowest BCUT2D eigenvalue weighted by molar-refractivity contribution is -0.146. The van der Waals surface area contributed by atoms with E-state index in [4.69, 9.17) is 9.47 Å². The van der Waals surface area contributed by atoms with Gasteiger partial charge in [0.15, 0.2) is 12.4 Å². The van der Waals surface area contributed by atoms with E-state index >= 15 is 0 Å². The minimum Gasteiger partial charge on any atom is -0.484 e.